The Morgan fingerprint density at radius 1 is 0.933 bits per heavy atom. The quantitative estimate of drug-likeness (QED) is 0.722. The molecule has 0 saturated carbocycles. The van der Waals surface area contributed by atoms with Crippen molar-refractivity contribution >= 4 is 11.8 Å². The molecule has 2 rings (SSSR count). The second kappa shape index (κ2) is 4.40. The zero-order chi connectivity index (χ0) is 10.7. The summed E-state index contributed by atoms with van der Waals surface area (Å²) in [5.41, 5.74) is 0. The molecular formula is C11H7F2NS. The number of aromatic nitrogens is 1. The Morgan fingerprint density at radius 2 is 1.67 bits per heavy atom. The third kappa shape index (κ3) is 2.76. The molecule has 1 heterocycles. The molecule has 0 atom stereocenters. The molecule has 76 valence electrons. The first-order chi connectivity index (χ1) is 7.24. The van der Waals surface area contributed by atoms with Crippen LogP contribution >= 0.6 is 11.8 Å². The van der Waals surface area contributed by atoms with Gasteiger partial charge >= 0.3 is 0 Å². The Balaban J connectivity index is 2.18. The van der Waals surface area contributed by atoms with E-state index in [0.717, 1.165) is 9.79 Å². The van der Waals surface area contributed by atoms with Gasteiger partial charge in [-0.05, 0) is 30.3 Å². The Hall–Kier alpha value is -1.42. The molecule has 0 aliphatic rings. The number of rotatable bonds is 2. The maximum absolute atomic E-state index is 12.7. The van der Waals surface area contributed by atoms with Crippen LogP contribution in [0.25, 0.3) is 0 Å². The molecule has 1 aromatic carbocycles. The third-order valence-electron chi connectivity index (χ3n) is 1.75. The number of nitrogens with zero attached hydrogens (tertiary/aromatic N) is 1. The number of hydrogen-bond donors (Lipinski definition) is 0. The van der Waals surface area contributed by atoms with Crippen molar-refractivity contribution in [3.8, 4) is 0 Å². The van der Waals surface area contributed by atoms with Crippen LogP contribution < -0.4 is 0 Å². The fourth-order valence-electron chi connectivity index (χ4n) is 1.09. The molecule has 1 nitrogen and oxygen atoms in total. The topological polar surface area (TPSA) is 12.9 Å². The van der Waals surface area contributed by atoms with Crippen molar-refractivity contribution in [2.24, 2.45) is 0 Å². The van der Waals surface area contributed by atoms with Gasteiger partial charge in [0, 0.05) is 22.1 Å². The highest BCUT2D eigenvalue weighted by Crippen LogP contribution is 2.27. The monoisotopic (exact) mass is 223 g/mol. The summed E-state index contributed by atoms with van der Waals surface area (Å²) in [6.45, 7) is 0. The Bertz CT molecular complexity index is 456. The second-order valence-electron chi connectivity index (χ2n) is 2.87. The van der Waals surface area contributed by atoms with E-state index in [-0.39, 0.29) is 5.82 Å². The van der Waals surface area contributed by atoms with E-state index in [1.165, 1.54) is 36.2 Å². The first kappa shape index (κ1) is 10.1. The van der Waals surface area contributed by atoms with Gasteiger partial charge in [0.25, 0.3) is 0 Å². The average molecular weight is 223 g/mol. The molecule has 0 fully saturated rings. The van der Waals surface area contributed by atoms with Crippen molar-refractivity contribution in [2.45, 2.75) is 9.79 Å². The normalized spacial score (nSPS) is 10.3. The largest absolute Gasteiger partial charge is 0.228 e. The first-order valence-electron chi connectivity index (χ1n) is 4.29. The van der Waals surface area contributed by atoms with Crippen LogP contribution in [0.2, 0.25) is 0 Å². The van der Waals surface area contributed by atoms with Gasteiger partial charge in [-0.1, -0.05) is 11.8 Å². The molecule has 2 aromatic rings. The number of benzene rings is 1. The summed E-state index contributed by atoms with van der Waals surface area (Å²) in [5.74, 6) is -0.789. The predicted octanol–water partition coefficient (Wildman–Crippen LogP) is 3.51. The summed E-state index contributed by atoms with van der Waals surface area (Å²) in [4.78, 5) is 5.06. The van der Waals surface area contributed by atoms with Crippen LogP contribution in [-0.4, -0.2) is 4.98 Å². The highest BCUT2D eigenvalue weighted by Gasteiger charge is 1.99. The standard InChI is InChI=1S/C11H7F2NS/c12-8-1-3-9(4-2-8)15-10-5-6-14-11(13)7-10/h1-7H. The molecule has 0 amide bonds. The number of hydrogen-bond acceptors (Lipinski definition) is 2. The SMILES string of the molecule is Fc1ccc(Sc2ccnc(F)c2)cc1. The summed E-state index contributed by atoms with van der Waals surface area (Å²) in [7, 11) is 0. The van der Waals surface area contributed by atoms with Gasteiger partial charge in [-0.3, -0.25) is 0 Å². The van der Waals surface area contributed by atoms with Crippen molar-refractivity contribution < 1.29 is 8.78 Å². The van der Waals surface area contributed by atoms with Crippen molar-refractivity contribution in [3.63, 3.8) is 0 Å². The molecule has 15 heavy (non-hydrogen) atoms. The molecule has 0 radical (unpaired) electrons. The Kier molecular flexibility index (Phi) is 2.97. The lowest BCUT2D eigenvalue weighted by atomic mass is 10.4. The smallest absolute Gasteiger partial charge is 0.213 e. The molecule has 4 heteroatoms. The van der Waals surface area contributed by atoms with Gasteiger partial charge in [-0.15, -0.1) is 0 Å². The molecule has 0 aliphatic carbocycles. The Morgan fingerprint density at radius 3 is 2.33 bits per heavy atom. The molecule has 0 bridgehead atoms. The lowest BCUT2D eigenvalue weighted by Crippen LogP contribution is -1.81. The van der Waals surface area contributed by atoms with E-state index in [2.05, 4.69) is 4.98 Å². The van der Waals surface area contributed by atoms with E-state index in [1.807, 2.05) is 0 Å². The summed E-state index contributed by atoms with van der Waals surface area (Å²) < 4.78 is 25.4. The van der Waals surface area contributed by atoms with Crippen molar-refractivity contribution in [3.05, 3.63) is 54.4 Å². The van der Waals surface area contributed by atoms with Gasteiger partial charge in [0.2, 0.25) is 5.95 Å². The van der Waals surface area contributed by atoms with Gasteiger partial charge in [0.1, 0.15) is 5.82 Å². The van der Waals surface area contributed by atoms with Gasteiger partial charge in [0.05, 0.1) is 0 Å². The van der Waals surface area contributed by atoms with Crippen molar-refractivity contribution in [1.29, 1.82) is 0 Å². The molecule has 0 spiro atoms. The summed E-state index contributed by atoms with van der Waals surface area (Å²) in [6, 6.07) is 9.10. The van der Waals surface area contributed by atoms with E-state index in [1.54, 1.807) is 18.2 Å². The first-order valence-corrected chi connectivity index (χ1v) is 5.11. The molecule has 0 unspecified atom stereocenters. The lowest BCUT2D eigenvalue weighted by molar-refractivity contribution is 0.579. The van der Waals surface area contributed by atoms with E-state index < -0.39 is 5.95 Å². The molecular weight excluding hydrogens is 216 g/mol. The predicted molar refractivity (Wildman–Crippen MR) is 54.7 cm³/mol. The van der Waals surface area contributed by atoms with Crippen LogP contribution in [0, 0.1) is 11.8 Å². The van der Waals surface area contributed by atoms with Crippen LogP contribution in [0.1, 0.15) is 0 Å². The van der Waals surface area contributed by atoms with E-state index >= 15 is 0 Å². The lowest BCUT2D eigenvalue weighted by Gasteiger charge is -2.00. The molecule has 0 saturated heterocycles. The third-order valence-corrected chi connectivity index (χ3v) is 2.74. The minimum Gasteiger partial charge on any atom is -0.228 e. The average Bonchev–Trinajstić information content (AvgIpc) is 2.22. The summed E-state index contributed by atoms with van der Waals surface area (Å²) >= 11 is 1.36. The van der Waals surface area contributed by atoms with Crippen LogP contribution in [0.15, 0.2) is 52.4 Å². The van der Waals surface area contributed by atoms with E-state index in [9.17, 15) is 8.78 Å². The Labute approximate surface area is 90.2 Å². The zero-order valence-electron chi connectivity index (χ0n) is 7.65. The van der Waals surface area contributed by atoms with Crippen molar-refractivity contribution in [1.82, 2.24) is 4.98 Å². The minimum atomic E-state index is -0.512. The number of pyridine rings is 1. The fourth-order valence-corrected chi connectivity index (χ4v) is 1.92. The highest BCUT2D eigenvalue weighted by molar-refractivity contribution is 7.99. The van der Waals surface area contributed by atoms with Crippen LogP contribution in [0.4, 0.5) is 8.78 Å². The van der Waals surface area contributed by atoms with Crippen LogP contribution in [0.5, 0.6) is 0 Å². The minimum absolute atomic E-state index is 0.278. The van der Waals surface area contributed by atoms with E-state index in [4.69, 9.17) is 0 Å². The van der Waals surface area contributed by atoms with E-state index in [0.29, 0.717) is 0 Å². The van der Waals surface area contributed by atoms with Gasteiger partial charge in [-0.2, -0.15) is 4.39 Å². The maximum Gasteiger partial charge on any atom is 0.213 e. The van der Waals surface area contributed by atoms with Crippen molar-refractivity contribution in [2.75, 3.05) is 0 Å². The highest BCUT2D eigenvalue weighted by atomic mass is 32.2. The number of halogens is 2. The molecule has 0 N–H and O–H groups in total. The molecule has 0 aliphatic heterocycles. The maximum atomic E-state index is 12.7. The van der Waals surface area contributed by atoms with Gasteiger partial charge < -0.3 is 0 Å². The zero-order valence-corrected chi connectivity index (χ0v) is 8.47. The summed E-state index contributed by atoms with van der Waals surface area (Å²) in [6.07, 6.45) is 1.40. The molecule has 1 aromatic heterocycles. The van der Waals surface area contributed by atoms with Gasteiger partial charge in [-0.25, -0.2) is 9.37 Å². The van der Waals surface area contributed by atoms with Gasteiger partial charge in [0.15, 0.2) is 0 Å². The van der Waals surface area contributed by atoms with Crippen LogP contribution in [-0.2, 0) is 0 Å². The second-order valence-corrected chi connectivity index (χ2v) is 4.02. The fraction of sp³-hybridized carbons (Fsp3) is 0. The van der Waals surface area contributed by atoms with Crippen LogP contribution in [0.3, 0.4) is 0 Å². The summed E-state index contributed by atoms with van der Waals surface area (Å²) in [5, 5.41) is 0.